The number of benzene rings is 1. The van der Waals surface area contributed by atoms with E-state index in [2.05, 4.69) is 25.8 Å². The highest BCUT2D eigenvalue weighted by atomic mass is 16.5. The summed E-state index contributed by atoms with van der Waals surface area (Å²) in [4.78, 5) is 16.6. The number of anilines is 2. The average molecular weight is 349 g/mol. The lowest BCUT2D eigenvalue weighted by atomic mass is 10.2. The highest BCUT2D eigenvalue weighted by Gasteiger charge is 2.12. The van der Waals surface area contributed by atoms with Gasteiger partial charge in [-0.3, -0.25) is 9.78 Å². The molecule has 132 valence electrons. The Kier molecular flexibility index (Phi) is 5.38. The van der Waals surface area contributed by atoms with Crippen molar-refractivity contribution in [1.29, 1.82) is 0 Å². The van der Waals surface area contributed by atoms with Crippen LogP contribution in [-0.2, 0) is 6.54 Å². The van der Waals surface area contributed by atoms with E-state index < -0.39 is 0 Å². The molecular formula is C19H19N5O2. The third-order valence-electron chi connectivity index (χ3n) is 3.68. The van der Waals surface area contributed by atoms with Crippen molar-refractivity contribution in [2.75, 3.05) is 17.7 Å². The summed E-state index contributed by atoms with van der Waals surface area (Å²) in [5, 5.41) is 13.9. The zero-order chi connectivity index (χ0) is 18.4. The molecule has 0 atom stereocenters. The van der Waals surface area contributed by atoms with Gasteiger partial charge in [-0.25, -0.2) is 0 Å². The zero-order valence-corrected chi connectivity index (χ0v) is 14.6. The predicted octanol–water partition coefficient (Wildman–Crippen LogP) is 3.05. The summed E-state index contributed by atoms with van der Waals surface area (Å²) in [5.41, 5.74) is 2.72. The van der Waals surface area contributed by atoms with Gasteiger partial charge in [0, 0.05) is 6.20 Å². The molecule has 3 aromatic rings. The van der Waals surface area contributed by atoms with Crippen LogP contribution in [-0.4, -0.2) is 28.2 Å². The first-order valence-corrected chi connectivity index (χ1v) is 8.09. The van der Waals surface area contributed by atoms with Crippen LogP contribution in [0.15, 0.2) is 54.7 Å². The lowest BCUT2D eigenvalue weighted by Gasteiger charge is -2.10. The summed E-state index contributed by atoms with van der Waals surface area (Å²) in [6.07, 6.45) is 1.73. The van der Waals surface area contributed by atoms with E-state index in [1.165, 1.54) is 0 Å². The first-order valence-electron chi connectivity index (χ1n) is 8.09. The monoisotopic (exact) mass is 349 g/mol. The van der Waals surface area contributed by atoms with Crippen LogP contribution >= 0.6 is 0 Å². The number of hydrogen-bond donors (Lipinski definition) is 2. The number of rotatable bonds is 6. The van der Waals surface area contributed by atoms with Crippen molar-refractivity contribution >= 4 is 17.4 Å². The van der Waals surface area contributed by atoms with Crippen molar-refractivity contribution in [3.8, 4) is 5.75 Å². The minimum Gasteiger partial charge on any atom is -0.495 e. The second-order valence-corrected chi connectivity index (χ2v) is 5.64. The number of amides is 1. The summed E-state index contributed by atoms with van der Waals surface area (Å²) in [6.45, 7) is 2.47. The Morgan fingerprint density at radius 1 is 1.12 bits per heavy atom. The Balaban J connectivity index is 1.64. The second-order valence-electron chi connectivity index (χ2n) is 5.64. The van der Waals surface area contributed by atoms with E-state index in [1.807, 2.05) is 37.3 Å². The maximum atomic E-state index is 12.4. The molecule has 3 rings (SSSR count). The van der Waals surface area contributed by atoms with Gasteiger partial charge in [-0.2, -0.15) is 0 Å². The van der Waals surface area contributed by atoms with Gasteiger partial charge in [-0.05, 0) is 48.9 Å². The molecule has 1 aromatic carbocycles. The molecule has 0 fully saturated rings. The van der Waals surface area contributed by atoms with Gasteiger partial charge < -0.3 is 15.4 Å². The number of nitrogens with zero attached hydrogens (tertiary/aromatic N) is 3. The molecule has 2 aromatic heterocycles. The Morgan fingerprint density at radius 3 is 2.69 bits per heavy atom. The highest BCUT2D eigenvalue weighted by Crippen LogP contribution is 2.25. The lowest BCUT2D eigenvalue weighted by molar-refractivity contribution is 0.102. The standard InChI is InChI=1S/C19H19N5O2/c1-13-6-8-17(26-2)16(11-13)22-19(25)15-7-9-18(24-23-15)21-12-14-5-3-4-10-20-14/h3-11H,12H2,1-2H3,(H,21,24)(H,22,25). The quantitative estimate of drug-likeness (QED) is 0.711. The van der Waals surface area contributed by atoms with Gasteiger partial charge >= 0.3 is 0 Å². The topological polar surface area (TPSA) is 89.0 Å². The molecule has 0 saturated heterocycles. The van der Waals surface area contributed by atoms with E-state index in [1.54, 1.807) is 31.5 Å². The third kappa shape index (κ3) is 4.32. The normalized spacial score (nSPS) is 10.2. The molecule has 0 unspecified atom stereocenters. The molecule has 0 aliphatic rings. The smallest absolute Gasteiger partial charge is 0.276 e. The van der Waals surface area contributed by atoms with Crippen LogP contribution in [0.25, 0.3) is 0 Å². The van der Waals surface area contributed by atoms with Crippen molar-refractivity contribution < 1.29 is 9.53 Å². The molecule has 0 aliphatic carbocycles. The first kappa shape index (κ1) is 17.3. The lowest BCUT2D eigenvalue weighted by Crippen LogP contribution is -2.15. The van der Waals surface area contributed by atoms with E-state index in [0.29, 0.717) is 23.8 Å². The van der Waals surface area contributed by atoms with E-state index in [4.69, 9.17) is 4.74 Å². The fraction of sp³-hybridized carbons (Fsp3) is 0.158. The number of pyridine rings is 1. The summed E-state index contributed by atoms with van der Waals surface area (Å²) in [7, 11) is 1.56. The third-order valence-corrected chi connectivity index (χ3v) is 3.68. The van der Waals surface area contributed by atoms with Crippen LogP contribution in [0.1, 0.15) is 21.7 Å². The Hall–Kier alpha value is -3.48. The average Bonchev–Trinajstić information content (AvgIpc) is 2.68. The molecule has 7 nitrogen and oxygen atoms in total. The van der Waals surface area contributed by atoms with Gasteiger partial charge in [0.25, 0.3) is 5.91 Å². The van der Waals surface area contributed by atoms with Crippen molar-refractivity contribution in [2.24, 2.45) is 0 Å². The van der Waals surface area contributed by atoms with Gasteiger partial charge in [0.2, 0.25) is 0 Å². The second kappa shape index (κ2) is 8.06. The van der Waals surface area contributed by atoms with E-state index in [9.17, 15) is 4.79 Å². The Morgan fingerprint density at radius 2 is 2.00 bits per heavy atom. The van der Waals surface area contributed by atoms with Crippen LogP contribution in [0.2, 0.25) is 0 Å². The maximum absolute atomic E-state index is 12.4. The molecule has 0 bridgehead atoms. The summed E-state index contributed by atoms with van der Waals surface area (Å²) in [6, 6.07) is 14.6. The summed E-state index contributed by atoms with van der Waals surface area (Å²) in [5.74, 6) is 0.809. The molecule has 0 spiro atoms. The molecular weight excluding hydrogens is 330 g/mol. The first-order chi connectivity index (χ1) is 12.7. The number of aromatic nitrogens is 3. The van der Waals surface area contributed by atoms with Gasteiger partial charge in [0.05, 0.1) is 25.0 Å². The molecule has 2 heterocycles. The van der Waals surface area contributed by atoms with E-state index >= 15 is 0 Å². The van der Waals surface area contributed by atoms with E-state index in [0.717, 1.165) is 11.3 Å². The van der Waals surface area contributed by atoms with Crippen molar-refractivity contribution in [3.63, 3.8) is 0 Å². The predicted molar refractivity (Wildman–Crippen MR) is 99.3 cm³/mol. The van der Waals surface area contributed by atoms with Crippen LogP contribution in [0, 0.1) is 6.92 Å². The molecule has 26 heavy (non-hydrogen) atoms. The van der Waals surface area contributed by atoms with Crippen LogP contribution in [0.3, 0.4) is 0 Å². The van der Waals surface area contributed by atoms with Gasteiger partial charge in [0.15, 0.2) is 5.69 Å². The Labute approximate surface area is 151 Å². The van der Waals surface area contributed by atoms with Crippen LogP contribution in [0.5, 0.6) is 5.75 Å². The summed E-state index contributed by atoms with van der Waals surface area (Å²) < 4.78 is 5.26. The van der Waals surface area contributed by atoms with Crippen LogP contribution < -0.4 is 15.4 Å². The maximum Gasteiger partial charge on any atom is 0.276 e. The van der Waals surface area contributed by atoms with Crippen molar-refractivity contribution in [1.82, 2.24) is 15.2 Å². The van der Waals surface area contributed by atoms with Gasteiger partial charge in [-0.15, -0.1) is 10.2 Å². The van der Waals surface area contributed by atoms with Gasteiger partial charge in [-0.1, -0.05) is 12.1 Å². The molecule has 0 saturated carbocycles. The summed E-state index contributed by atoms with van der Waals surface area (Å²) >= 11 is 0. The number of hydrogen-bond acceptors (Lipinski definition) is 6. The van der Waals surface area contributed by atoms with Crippen LogP contribution in [0.4, 0.5) is 11.5 Å². The fourth-order valence-electron chi connectivity index (χ4n) is 2.34. The minimum absolute atomic E-state index is 0.219. The van der Waals surface area contributed by atoms with E-state index in [-0.39, 0.29) is 11.6 Å². The molecule has 0 radical (unpaired) electrons. The number of aryl methyl sites for hydroxylation is 1. The number of nitrogens with one attached hydrogen (secondary N) is 2. The Bertz CT molecular complexity index is 882. The number of carbonyl (C=O) groups is 1. The van der Waals surface area contributed by atoms with Gasteiger partial charge in [0.1, 0.15) is 11.6 Å². The fourth-order valence-corrected chi connectivity index (χ4v) is 2.34. The molecule has 2 N–H and O–H groups in total. The van der Waals surface area contributed by atoms with Crippen molar-refractivity contribution in [3.05, 3.63) is 71.7 Å². The van der Waals surface area contributed by atoms with Crippen molar-refractivity contribution in [2.45, 2.75) is 13.5 Å². The number of ether oxygens (including phenoxy) is 1. The number of methoxy groups -OCH3 is 1. The largest absolute Gasteiger partial charge is 0.495 e. The SMILES string of the molecule is COc1ccc(C)cc1NC(=O)c1ccc(NCc2ccccn2)nn1. The zero-order valence-electron chi connectivity index (χ0n) is 14.6. The molecule has 1 amide bonds. The minimum atomic E-state index is -0.349. The number of carbonyl (C=O) groups excluding carboxylic acids is 1. The highest BCUT2D eigenvalue weighted by molar-refractivity contribution is 6.03. The molecule has 0 aliphatic heterocycles. The molecule has 7 heteroatoms.